The molecular weight excluding hydrogens is 144 g/mol. The molecule has 72 valence electrons. The van der Waals surface area contributed by atoms with Crippen molar-refractivity contribution in [1.82, 2.24) is 0 Å². The first-order chi connectivity index (χ1) is 5.70. The Hall–Kier alpha value is 0. The standard InChI is InChI=1S/C12H24/c1-5-8-11-10(7-3)12(11,4)9-6-2/h10-11H,5-9H2,1-4H3. The van der Waals surface area contributed by atoms with Gasteiger partial charge in [-0.1, -0.05) is 47.0 Å². The van der Waals surface area contributed by atoms with Gasteiger partial charge in [-0.2, -0.15) is 0 Å². The molecule has 1 aliphatic carbocycles. The summed E-state index contributed by atoms with van der Waals surface area (Å²) in [6.45, 7) is 9.50. The van der Waals surface area contributed by atoms with Crippen molar-refractivity contribution >= 4 is 0 Å². The van der Waals surface area contributed by atoms with Crippen LogP contribution in [0.1, 0.15) is 59.8 Å². The molecule has 0 spiro atoms. The molecule has 0 amide bonds. The smallest absolute Gasteiger partial charge is 0.0264 e. The Kier molecular flexibility index (Phi) is 3.20. The average molecular weight is 168 g/mol. The molecule has 0 aliphatic heterocycles. The van der Waals surface area contributed by atoms with E-state index in [4.69, 9.17) is 0 Å². The average Bonchev–Trinajstić information content (AvgIpc) is 2.57. The minimum absolute atomic E-state index is 0.736. The van der Waals surface area contributed by atoms with Crippen molar-refractivity contribution in [3.05, 3.63) is 0 Å². The Labute approximate surface area is 77.7 Å². The van der Waals surface area contributed by atoms with Gasteiger partial charge in [-0.25, -0.2) is 0 Å². The van der Waals surface area contributed by atoms with Gasteiger partial charge < -0.3 is 0 Å². The molecule has 0 nitrogen and oxygen atoms in total. The Bertz CT molecular complexity index is 139. The van der Waals surface area contributed by atoms with Crippen molar-refractivity contribution in [3.8, 4) is 0 Å². The summed E-state index contributed by atoms with van der Waals surface area (Å²) in [7, 11) is 0. The van der Waals surface area contributed by atoms with Crippen LogP contribution in [0.3, 0.4) is 0 Å². The van der Waals surface area contributed by atoms with Crippen LogP contribution in [0.25, 0.3) is 0 Å². The third-order valence-corrected chi connectivity index (χ3v) is 3.90. The molecule has 12 heavy (non-hydrogen) atoms. The third-order valence-electron chi connectivity index (χ3n) is 3.90. The summed E-state index contributed by atoms with van der Waals surface area (Å²) in [5.41, 5.74) is 0.736. The molecule has 1 saturated carbocycles. The number of hydrogen-bond acceptors (Lipinski definition) is 0. The molecular formula is C12H24. The van der Waals surface area contributed by atoms with E-state index in [9.17, 15) is 0 Å². The van der Waals surface area contributed by atoms with Gasteiger partial charge >= 0.3 is 0 Å². The van der Waals surface area contributed by atoms with E-state index >= 15 is 0 Å². The molecule has 1 fully saturated rings. The molecule has 0 radical (unpaired) electrons. The second kappa shape index (κ2) is 3.81. The van der Waals surface area contributed by atoms with Crippen LogP contribution in [0, 0.1) is 17.3 Å². The number of rotatable bonds is 5. The van der Waals surface area contributed by atoms with E-state index in [1.54, 1.807) is 0 Å². The lowest BCUT2D eigenvalue weighted by molar-refractivity contribution is 0.421. The SMILES string of the molecule is CCCC1C(CC)C1(C)CCC. The second-order valence-electron chi connectivity index (χ2n) is 4.67. The summed E-state index contributed by atoms with van der Waals surface area (Å²) in [5.74, 6) is 2.12. The minimum atomic E-state index is 0.736. The Morgan fingerprint density at radius 2 is 1.67 bits per heavy atom. The van der Waals surface area contributed by atoms with Gasteiger partial charge in [0.2, 0.25) is 0 Å². The second-order valence-corrected chi connectivity index (χ2v) is 4.67. The van der Waals surface area contributed by atoms with Crippen LogP contribution in [-0.4, -0.2) is 0 Å². The fraction of sp³-hybridized carbons (Fsp3) is 1.00. The molecule has 3 atom stereocenters. The van der Waals surface area contributed by atoms with Gasteiger partial charge in [-0.05, 0) is 30.1 Å². The first-order valence-electron chi connectivity index (χ1n) is 5.70. The van der Waals surface area contributed by atoms with Crippen molar-refractivity contribution in [2.75, 3.05) is 0 Å². The zero-order valence-corrected chi connectivity index (χ0v) is 9.19. The van der Waals surface area contributed by atoms with Gasteiger partial charge in [-0.15, -0.1) is 0 Å². The molecule has 0 heterocycles. The fourth-order valence-electron chi connectivity index (χ4n) is 3.27. The van der Waals surface area contributed by atoms with Crippen molar-refractivity contribution in [2.45, 2.75) is 59.8 Å². The van der Waals surface area contributed by atoms with Crippen LogP contribution in [0.5, 0.6) is 0 Å². The molecule has 0 aromatic heterocycles. The maximum Gasteiger partial charge on any atom is -0.0264 e. The van der Waals surface area contributed by atoms with Crippen LogP contribution >= 0.6 is 0 Å². The maximum atomic E-state index is 2.50. The van der Waals surface area contributed by atoms with Gasteiger partial charge in [0, 0.05) is 0 Å². The maximum absolute atomic E-state index is 2.50. The molecule has 0 N–H and O–H groups in total. The van der Waals surface area contributed by atoms with E-state index in [0.717, 1.165) is 17.3 Å². The summed E-state index contributed by atoms with van der Waals surface area (Å²) in [5, 5.41) is 0. The van der Waals surface area contributed by atoms with E-state index in [2.05, 4.69) is 27.7 Å². The van der Waals surface area contributed by atoms with E-state index in [1.807, 2.05) is 0 Å². The predicted molar refractivity (Wildman–Crippen MR) is 55.2 cm³/mol. The predicted octanol–water partition coefficient (Wildman–Crippen LogP) is 4.25. The van der Waals surface area contributed by atoms with Crippen molar-refractivity contribution in [3.63, 3.8) is 0 Å². The van der Waals surface area contributed by atoms with E-state index < -0.39 is 0 Å². The summed E-state index contributed by atoms with van der Waals surface area (Å²) in [6, 6.07) is 0. The molecule has 1 aliphatic rings. The third kappa shape index (κ3) is 1.53. The normalized spacial score (nSPS) is 40.0. The van der Waals surface area contributed by atoms with Crippen molar-refractivity contribution < 1.29 is 0 Å². The van der Waals surface area contributed by atoms with Gasteiger partial charge in [-0.3, -0.25) is 0 Å². The van der Waals surface area contributed by atoms with E-state index in [1.165, 1.54) is 32.1 Å². The lowest BCUT2D eigenvalue weighted by atomic mass is 9.97. The topological polar surface area (TPSA) is 0 Å². The van der Waals surface area contributed by atoms with Crippen LogP contribution in [0.2, 0.25) is 0 Å². The first kappa shape index (κ1) is 10.1. The highest BCUT2D eigenvalue weighted by molar-refractivity contribution is 5.06. The van der Waals surface area contributed by atoms with Crippen LogP contribution in [0.15, 0.2) is 0 Å². The first-order valence-corrected chi connectivity index (χ1v) is 5.70. The Morgan fingerprint density at radius 1 is 1.00 bits per heavy atom. The largest absolute Gasteiger partial charge is 0.0654 e. The molecule has 0 bridgehead atoms. The molecule has 0 aromatic carbocycles. The summed E-state index contributed by atoms with van der Waals surface area (Å²) >= 11 is 0. The van der Waals surface area contributed by atoms with Crippen LogP contribution < -0.4 is 0 Å². The van der Waals surface area contributed by atoms with Crippen molar-refractivity contribution in [2.24, 2.45) is 17.3 Å². The zero-order valence-electron chi connectivity index (χ0n) is 9.19. The highest BCUT2D eigenvalue weighted by atomic mass is 14.6. The minimum Gasteiger partial charge on any atom is -0.0654 e. The summed E-state index contributed by atoms with van der Waals surface area (Å²) in [4.78, 5) is 0. The van der Waals surface area contributed by atoms with Gasteiger partial charge in [0.1, 0.15) is 0 Å². The molecule has 3 unspecified atom stereocenters. The zero-order chi connectivity index (χ0) is 9.19. The molecule has 1 rings (SSSR count). The fourth-order valence-corrected chi connectivity index (χ4v) is 3.27. The Morgan fingerprint density at radius 3 is 2.08 bits per heavy atom. The monoisotopic (exact) mass is 168 g/mol. The van der Waals surface area contributed by atoms with Gasteiger partial charge in [0.15, 0.2) is 0 Å². The quantitative estimate of drug-likeness (QED) is 0.575. The molecule has 0 aromatic rings. The highest BCUT2D eigenvalue weighted by Gasteiger charge is 2.57. The summed E-state index contributed by atoms with van der Waals surface area (Å²) < 4.78 is 0. The Balaban J connectivity index is 2.44. The van der Waals surface area contributed by atoms with E-state index in [0.29, 0.717) is 0 Å². The van der Waals surface area contributed by atoms with Crippen LogP contribution in [0.4, 0.5) is 0 Å². The van der Waals surface area contributed by atoms with E-state index in [-0.39, 0.29) is 0 Å². The highest BCUT2D eigenvalue weighted by Crippen LogP contribution is 2.64. The lowest BCUT2D eigenvalue weighted by Gasteiger charge is -2.09. The lowest BCUT2D eigenvalue weighted by Crippen LogP contribution is -1.98. The molecule has 0 heteroatoms. The summed E-state index contributed by atoms with van der Waals surface area (Å²) in [6.07, 6.45) is 7.07. The van der Waals surface area contributed by atoms with Crippen molar-refractivity contribution in [1.29, 1.82) is 0 Å². The molecule has 0 saturated heterocycles. The number of hydrogen-bond donors (Lipinski definition) is 0. The van der Waals surface area contributed by atoms with Gasteiger partial charge in [0.25, 0.3) is 0 Å². The van der Waals surface area contributed by atoms with Gasteiger partial charge in [0.05, 0.1) is 0 Å². The van der Waals surface area contributed by atoms with Crippen LogP contribution in [-0.2, 0) is 0 Å².